The molecule has 0 N–H and O–H groups in total. The SMILES string of the molecule is [C-]#[N+]c1ccc2c(n1)c(N1C[C@@H](CC)N(C(CC(=O)N3CCC[C@@H]3COC)c3ccc(C(F)(F)F)cc3)C[C@@H]1CC)nc(=O)n2C. The number of anilines is 1. The fourth-order valence-electron chi connectivity index (χ4n) is 6.92. The van der Waals surface area contributed by atoms with Crippen LogP contribution in [-0.2, 0) is 22.8 Å². The topological polar surface area (TPSA) is 88.2 Å². The summed E-state index contributed by atoms with van der Waals surface area (Å²) in [6, 6.07) is 7.66. The van der Waals surface area contributed by atoms with E-state index in [4.69, 9.17) is 11.3 Å². The van der Waals surface area contributed by atoms with Gasteiger partial charge in [0.1, 0.15) is 0 Å². The standard InChI is InChI=1S/C33H40F3N7O3/c1-6-23-19-43(31-30-26(40(4)32(45)39-31)14-15-28(37-3)38-30)24(7-2)18-42(23)27(21-10-12-22(13-11-21)33(34,35)36)17-29(44)41-16-8-9-25(41)20-46-5/h10-15,23-25,27H,6-9,16-20H2,1-2,4-5H3/t23-,24+,25-,27?/m1/s1. The lowest BCUT2D eigenvalue weighted by Gasteiger charge is -2.49. The molecule has 0 radical (unpaired) electrons. The van der Waals surface area contributed by atoms with Crippen LogP contribution in [0.15, 0.2) is 41.2 Å². The zero-order valence-electron chi connectivity index (χ0n) is 26.6. The smallest absolute Gasteiger partial charge is 0.383 e. The number of nitrogens with zero attached hydrogens (tertiary/aromatic N) is 7. The molecule has 246 valence electrons. The highest BCUT2D eigenvalue weighted by molar-refractivity contribution is 5.87. The number of hydrogen-bond donors (Lipinski definition) is 0. The molecule has 10 nitrogen and oxygen atoms in total. The lowest BCUT2D eigenvalue weighted by Crippen LogP contribution is -2.59. The maximum absolute atomic E-state index is 13.9. The minimum atomic E-state index is -4.47. The average molecular weight is 640 g/mol. The van der Waals surface area contributed by atoms with Crippen LogP contribution < -0.4 is 10.6 Å². The number of rotatable bonds is 9. The predicted molar refractivity (Wildman–Crippen MR) is 169 cm³/mol. The molecule has 2 aromatic heterocycles. The Hall–Kier alpha value is -4.02. The summed E-state index contributed by atoms with van der Waals surface area (Å²) in [4.78, 5) is 45.5. The second kappa shape index (κ2) is 13.8. The van der Waals surface area contributed by atoms with Crippen LogP contribution in [0.1, 0.15) is 63.1 Å². The van der Waals surface area contributed by atoms with Crippen molar-refractivity contribution < 1.29 is 22.7 Å². The number of aromatic nitrogens is 3. The van der Waals surface area contributed by atoms with Crippen LogP contribution in [0.2, 0.25) is 0 Å². The molecule has 4 heterocycles. The molecule has 0 spiro atoms. The number of methoxy groups -OCH3 is 1. The first-order valence-corrected chi connectivity index (χ1v) is 15.7. The van der Waals surface area contributed by atoms with Crippen LogP contribution in [-0.4, -0.2) is 81.7 Å². The summed E-state index contributed by atoms with van der Waals surface area (Å²) in [7, 11) is 3.23. The van der Waals surface area contributed by atoms with Gasteiger partial charge in [-0.15, -0.1) is 4.98 Å². The molecule has 5 rings (SSSR count). The molecule has 1 aromatic carbocycles. The van der Waals surface area contributed by atoms with Gasteiger partial charge >= 0.3 is 11.9 Å². The van der Waals surface area contributed by atoms with Gasteiger partial charge in [0.25, 0.3) is 5.82 Å². The van der Waals surface area contributed by atoms with Crippen molar-refractivity contribution in [2.45, 2.75) is 76.3 Å². The molecule has 46 heavy (non-hydrogen) atoms. The molecule has 2 aliphatic heterocycles. The zero-order chi connectivity index (χ0) is 33.2. The fourth-order valence-corrected chi connectivity index (χ4v) is 6.92. The van der Waals surface area contributed by atoms with Gasteiger partial charge in [0.2, 0.25) is 11.4 Å². The zero-order valence-corrected chi connectivity index (χ0v) is 26.6. The number of carbonyl (C=O) groups is 1. The molecule has 1 amide bonds. The van der Waals surface area contributed by atoms with E-state index in [0.29, 0.717) is 61.5 Å². The van der Waals surface area contributed by atoms with Crippen LogP contribution in [0, 0.1) is 6.57 Å². The van der Waals surface area contributed by atoms with E-state index in [1.807, 2.05) is 18.7 Å². The van der Waals surface area contributed by atoms with Crippen LogP contribution in [0.4, 0.5) is 24.8 Å². The molecular weight excluding hydrogens is 599 g/mol. The minimum absolute atomic E-state index is 0.0270. The summed E-state index contributed by atoms with van der Waals surface area (Å²) in [5.74, 6) is 0.558. The van der Waals surface area contributed by atoms with Crippen molar-refractivity contribution in [3.05, 3.63) is 69.4 Å². The Kier molecular flexibility index (Phi) is 9.98. The lowest BCUT2D eigenvalue weighted by atomic mass is 9.93. The van der Waals surface area contributed by atoms with Gasteiger partial charge < -0.3 is 19.4 Å². The molecule has 13 heteroatoms. The van der Waals surface area contributed by atoms with Gasteiger partial charge in [0.15, 0.2) is 5.82 Å². The van der Waals surface area contributed by atoms with Gasteiger partial charge in [0.05, 0.1) is 23.7 Å². The monoisotopic (exact) mass is 639 g/mol. The number of benzene rings is 1. The van der Waals surface area contributed by atoms with Crippen molar-refractivity contribution in [1.82, 2.24) is 24.3 Å². The Balaban J connectivity index is 1.54. The van der Waals surface area contributed by atoms with Crippen molar-refractivity contribution in [2.75, 3.05) is 38.3 Å². The van der Waals surface area contributed by atoms with E-state index in [0.717, 1.165) is 25.0 Å². The Morgan fingerprint density at radius 2 is 1.78 bits per heavy atom. The second-order valence-electron chi connectivity index (χ2n) is 12.1. The Morgan fingerprint density at radius 1 is 1.07 bits per heavy atom. The van der Waals surface area contributed by atoms with Gasteiger partial charge in [-0.05, 0) is 55.5 Å². The molecule has 0 saturated carbocycles. The molecular formula is C33H40F3N7O3. The summed E-state index contributed by atoms with van der Waals surface area (Å²) < 4.78 is 47.3. The van der Waals surface area contributed by atoms with Crippen LogP contribution in [0.25, 0.3) is 15.9 Å². The molecule has 2 saturated heterocycles. The number of likely N-dealkylation sites (tertiary alicyclic amines) is 1. The molecule has 4 atom stereocenters. The largest absolute Gasteiger partial charge is 0.416 e. The van der Waals surface area contributed by atoms with Gasteiger partial charge in [-0.25, -0.2) is 4.79 Å². The summed E-state index contributed by atoms with van der Waals surface area (Å²) in [6.45, 7) is 13.5. The predicted octanol–water partition coefficient (Wildman–Crippen LogP) is 5.35. The van der Waals surface area contributed by atoms with Gasteiger partial charge in [-0.1, -0.05) is 32.6 Å². The van der Waals surface area contributed by atoms with Crippen LogP contribution >= 0.6 is 0 Å². The number of amides is 1. The van der Waals surface area contributed by atoms with E-state index in [2.05, 4.69) is 24.6 Å². The Labute approximate surface area is 266 Å². The third-order valence-electron chi connectivity index (χ3n) is 9.44. The highest BCUT2D eigenvalue weighted by atomic mass is 19.4. The van der Waals surface area contributed by atoms with E-state index in [9.17, 15) is 22.8 Å². The summed E-state index contributed by atoms with van der Waals surface area (Å²) >= 11 is 0. The fraction of sp³-hybridized carbons (Fsp3) is 0.545. The van der Waals surface area contributed by atoms with E-state index in [1.54, 1.807) is 26.3 Å². The molecule has 0 bridgehead atoms. The van der Waals surface area contributed by atoms with E-state index >= 15 is 0 Å². The number of pyridine rings is 1. The Morgan fingerprint density at radius 3 is 2.41 bits per heavy atom. The lowest BCUT2D eigenvalue weighted by molar-refractivity contribution is -0.138. The van der Waals surface area contributed by atoms with E-state index in [-0.39, 0.29) is 36.3 Å². The van der Waals surface area contributed by atoms with Crippen molar-refractivity contribution in [1.29, 1.82) is 0 Å². The van der Waals surface area contributed by atoms with Crippen LogP contribution in [0.3, 0.4) is 0 Å². The number of fused-ring (bicyclic) bond motifs is 1. The van der Waals surface area contributed by atoms with Gasteiger partial charge in [-0.2, -0.15) is 18.2 Å². The van der Waals surface area contributed by atoms with Gasteiger partial charge in [-0.3, -0.25) is 14.3 Å². The number of aryl methyl sites for hydroxylation is 1. The first-order chi connectivity index (χ1) is 22.0. The summed E-state index contributed by atoms with van der Waals surface area (Å²) in [5.41, 5.74) is 0.502. The molecule has 1 unspecified atom stereocenters. The number of ether oxygens (including phenoxy) is 1. The van der Waals surface area contributed by atoms with Crippen molar-refractivity contribution >= 4 is 28.6 Å². The maximum Gasteiger partial charge on any atom is 0.416 e. The average Bonchev–Trinajstić information content (AvgIpc) is 3.52. The quantitative estimate of drug-likeness (QED) is 0.292. The van der Waals surface area contributed by atoms with Crippen molar-refractivity contribution in [3.8, 4) is 0 Å². The Bertz CT molecular complexity index is 1650. The van der Waals surface area contributed by atoms with Gasteiger partial charge in [0, 0.05) is 58.3 Å². The normalized spacial score (nSPS) is 21.5. The highest BCUT2D eigenvalue weighted by Gasteiger charge is 2.41. The second-order valence-corrected chi connectivity index (χ2v) is 12.1. The number of piperazine rings is 1. The molecule has 2 aliphatic rings. The third kappa shape index (κ3) is 6.59. The van der Waals surface area contributed by atoms with Crippen molar-refractivity contribution in [3.63, 3.8) is 0 Å². The van der Waals surface area contributed by atoms with E-state index < -0.39 is 23.5 Å². The number of carbonyl (C=O) groups excluding carboxylic acids is 1. The number of halogens is 3. The maximum atomic E-state index is 13.9. The van der Waals surface area contributed by atoms with Crippen molar-refractivity contribution in [2.24, 2.45) is 7.05 Å². The number of alkyl halides is 3. The first kappa shape index (κ1) is 33.3. The minimum Gasteiger partial charge on any atom is -0.383 e. The summed E-state index contributed by atoms with van der Waals surface area (Å²) in [5, 5.41) is 0. The first-order valence-electron chi connectivity index (χ1n) is 15.7. The van der Waals surface area contributed by atoms with Crippen LogP contribution in [0.5, 0.6) is 0 Å². The third-order valence-corrected chi connectivity index (χ3v) is 9.44. The molecule has 2 fully saturated rings. The molecule has 0 aliphatic carbocycles. The number of hydrogen-bond acceptors (Lipinski definition) is 7. The van der Waals surface area contributed by atoms with E-state index in [1.165, 1.54) is 16.7 Å². The highest BCUT2D eigenvalue weighted by Crippen LogP contribution is 2.38. The molecule has 3 aromatic rings. The summed E-state index contributed by atoms with van der Waals surface area (Å²) in [6.07, 6.45) is -1.29.